The number of piperidine rings is 1. The molecule has 3 heteroatoms. The molecule has 4 rings (SSSR count). The Hall–Kier alpha value is -0.930. The Balaban J connectivity index is 1.46. The highest BCUT2D eigenvalue weighted by Crippen LogP contribution is 2.56. The predicted molar refractivity (Wildman–Crippen MR) is 150 cm³/mol. The SMILES string of the molecule is CCCCCCC1C2CCCC(c3ccccc3)(C2)CC1CCC(=S)N1CC[C@H](N)C(C)(C)C1. The molecule has 0 aromatic heterocycles. The zero-order chi connectivity index (χ0) is 24.2. The standard InChI is InChI=1S/C31H50N2S/c1-4-5-6-10-15-27-24-12-11-19-31(21-24,26-13-8-7-9-14-26)22-25(27)16-17-29(34)33-20-18-28(32)30(2,3)23-33/h7-9,13-14,24-25,27-28H,4-6,10-12,15-23,32H2,1-3H3/t24?,25?,27?,28-,31?/m0/s1. The number of unbranched alkanes of at least 4 members (excludes halogenated alkanes) is 3. The van der Waals surface area contributed by atoms with Gasteiger partial charge in [0.25, 0.3) is 0 Å². The second-order valence-corrected chi connectivity index (χ2v) is 13.2. The summed E-state index contributed by atoms with van der Waals surface area (Å²) in [5.74, 6) is 2.64. The molecule has 3 fully saturated rings. The van der Waals surface area contributed by atoms with Crippen molar-refractivity contribution in [1.29, 1.82) is 0 Å². The van der Waals surface area contributed by atoms with Crippen LogP contribution in [0.4, 0.5) is 0 Å². The molecule has 4 unspecified atom stereocenters. The number of fused-ring (bicyclic) bond motifs is 2. The first-order valence-electron chi connectivity index (χ1n) is 14.4. The maximum Gasteiger partial charge on any atom is 0.0779 e. The van der Waals surface area contributed by atoms with E-state index in [4.69, 9.17) is 18.0 Å². The highest BCUT2D eigenvalue weighted by atomic mass is 32.1. The topological polar surface area (TPSA) is 29.3 Å². The summed E-state index contributed by atoms with van der Waals surface area (Å²) >= 11 is 6.05. The number of likely N-dealkylation sites (tertiary alicyclic amines) is 1. The fourth-order valence-corrected chi connectivity index (χ4v) is 8.09. The molecule has 0 amide bonds. The third-order valence-corrected chi connectivity index (χ3v) is 10.4. The van der Waals surface area contributed by atoms with Crippen molar-refractivity contribution in [1.82, 2.24) is 4.90 Å². The summed E-state index contributed by atoms with van der Waals surface area (Å²) in [6.45, 7) is 9.02. The molecule has 2 saturated carbocycles. The van der Waals surface area contributed by atoms with Crippen LogP contribution in [0.2, 0.25) is 0 Å². The molecule has 2 nitrogen and oxygen atoms in total. The number of hydrogen-bond donors (Lipinski definition) is 1. The molecule has 1 heterocycles. The minimum Gasteiger partial charge on any atom is -0.366 e. The van der Waals surface area contributed by atoms with E-state index in [0.29, 0.717) is 11.5 Å². The van der Waals surface area contributed by atoms with Crippen LogP contribution in [0.1, 0.15) is 110 Å². The number of hydrogen-bond acceptors (Lipinski definition) is 2. The third-order valence-electron chi connectivity index (χ3n) is 9.92. The molecule has 1 aliphatic heterocycles. The van der Waals surface area contributed by atoms with Crippen LogP contribution in [0.5, 0.6) is 0 Å². The first-order chi connectivity index (χ1) is 16.3. The lowest BCUT2D eigenvalue weighted by molar-refractivity contribution is 0.0281. The number of rotatable bonds is 9. The predicted octanol–water partition coefficient (Wildman–Crippen LogP) is 7.89. The average molecular weight is 483 g/mol. The highest BCUT2D eigenvalue weighted by molar-refractivity contribution is 7.80. The molecule has 0 radical (unpaired) electrons. The smallest absolute Gasteiger partial charge is 0.0779 e. The van der Waals surface area contributed by atoms with Crippen LogP contribution in [0.25, 0.3) is 0 Å². The normalized spacial score (nSPS) is 33.0. The summed E-state index contributed by atoms with van der Waals surface area (Å²) in [4.78, 5) is 3.69. The molecule has 2 N–H and O–H groups in total. The van der Waals surface area contributed by atoms with Gasteiger partial charge in [-0.05, 0) is 79.1 Å². The van der Waals surface area contributed by atoms with E-state index in [9.17, 15) is 0 Å². The maximum atomic E-state index is 6.40. The molecule has 1 saturated heterocycles. The summed E-state index contributed by atoms with van der Waals surface area (Å²) in [6.07, 6.45) is 17.5. The molecule has 3 aliphatic rings. The van der Waals surface area contributed by atoms with E-state index < -0.39 is 0 Å². The van der Waals surface area contributed by atoms with Crippen LogP contribution in [-0.4, -0.2) is 29.0 Å². The van der Waals surface area contributed by atoms with Gasteiger partial charge in [-0.3, -0.25) is 0 Å². The third kappa shape index (κ3) is 5.89. The van der Waals surface area contributed by atoms with Crippen LogP contribution in [0.3, 0.4) is 0 Å². The van der Waals surface area contributed by atoms with Gasteiger partial charge in [0.15, 0.2) is 0 Å². The average Bonchev–Trinajstić information content (AvgIpc) is 2.84. The second-order valence-electron chi connectivity index (χ2n) is 12.7. The first kappa shape index (κ1) is 26.1. The Bertz CT molecular complexity index is 790. The van der Waals surface area contributed by atoms with Gasteiger partial charge in [-0.1, -0.05) is 102 Å². The molecule has 1 aromatic rings. The Kier molecular flexibility index (Phi) is 8.78. The van der Waals surface area contributed by atoms with Crippen molar-refractivity contribution in [3.63, 3.8) is 0 Å². The Morgan fingerprint density at radius 2 is 1.85 bits per heavy atom. The number of nitrogens with two attached hydrogens (primary N) is 1. The molecule has 1 aromatic carbocycles. The summed E-state index contributed by atoms with van der Waals surface area (Å²) in [5.41, 5.74) is 8.59. The Morgan fingerprint density at radius 3 is 2.59 bits per heavy atom. The molecule has 2 bridgehead atoms. The minimum atomic E-state index is 0.156. The highest BCUT2D eigenvalue weighted by Gasteiger charge is 2.48. The van der Waals surface area contributed by atoms with E-state index in [1.165, 1.54) is 75.6 Å². The van der Waals surface area contributed by atoms with Crippen molar-refractivity contribution in [2.24, 2.45) is 28.9 Å². The van der Waals surface area contributed by atoms with Gasteiger partial charge >= 0.3 is 0 Å². The molecule has 0 spiro atoms. The van der Waals surface area contributed by atoms with Crippen LogP contribution < -0.4 is 5.73 Å². The molecule has 190 valence electrons. The summed E-state index contributed by atoms with van der Waals surface area (Å²) in [6, 6.07) is 11.8. The van der Waals surface area contributed by atoms with Gasteiger partial charge in [-0.25, -0.2) is 0 Å². The lowest BCUT2D eigenvalue weighted by Gasteiger charge is -2.53. The summed E-state index contributed by atoms with van der Waals surface area (Å²) < 4.78 is 0. The fourth-order valence-electron chi connectivity index (χ4n) is 7.82. The first-order valence-corrected chi connectivity index (χ1v) is 14.8. The maximum absolute atomic E-state index is 6.40. The molecular formula is C31H50N2S. The lowest BCUT2D eigenvalue weighted by Crippen LogP contribution is -2.53. The van der Waals surface area contributed by atoms with Gasteiger partial charge in [0.1, 0.15) is 0 Å². The van der Waals surface area contributed by atoms with Gasteiger partial charge in [0, 0.05) is 19.1 Å². The van der Waals surface area contributed by atoms with Crippen molar-refractivity contribution in [3.8, 4) is 0 Å². The van der Waals surface area contributed by atoms with Crippen molar-refractivity contribution >= 4 is 17.2 Å². The summed E-state index contributed by atoms with van der Waals surface area (Å²) in [5, 5.41) is 0. The molecule has 2 aliphatic carbocycles. The Labute approximate surface area is 215 Å². The fraction of sp³-hybridized carbons (Fsp3) is 0.774. The number of nitrogens with zero attached hydrogens (tertiary/aromatic N) is 1. The van der Waals surface area contributed by atoms with E-state index >= 15 is 0 Å². The second kappa shape index (κ2) is 11.4. The minimum absolute atomic E-state index is 0.156. The number of benzene rings is 1. The van der Waals surface area contributed by atoms with Crippen molar-refractivity contribution in [2.75, 3.05) is 13.1 Å². The summed E-state index contributed by atoms with van der Waals surface area (Å²) in [7, 11) is 0. The van der Waals surface area contributed by atoms with Crippen molar-refractivity contribution in [3.05, 3.63) is 35.9 Å². The zero-order valence-corrected chi connectivity index (χ0v) is 23.1. The monoisotopic (exact) mass is 482 g/mol. The van der Waals surface area contributed by atoms with E-state index in [-0.39, 0.29) is 5.41 Å². The van der Waals surface area contributed by atoms with Gasteiger partial charge in [-0.2, -0.15) is 0 Å². The molecule has 34 heavy (non-hydrogen) atoms. The van der Waals surface area contributed by atoms with E-state index in [2.05, 4.69) is 56.0 Å². The van der Waals surface area contributed by atoms with Gasteiger partial charge in [0.2, 0.25) is 0 Å². The largest absolute Gasteiger partial charge is 0.366 e. The quantitative estimate of drug-likeness (QED) is 0.286. The van der Waals surface area contributed by atoms with Gasteiger partial charge in [0.05, 0.1) is 4.99 Å². The van der Waals surface area contributed by atoms with Crippen molar-refractivity contribution in [2.45, 2.75) is 116 Å². The van der Waals surface area contributed by atoms with E-state index in [1.807, 2.05) is 0 Å². The van der Waals surface area contributed by atoms with E-state index in [0.717, 1.165) is 43.7 Å². The molecule has 5 atom stereocenters. The number of thiocarbonyl (C=S) groups is 1. The van der Waals surface area contributed by atoms with E-state index in [1.54, 1.807) is 5.56 Å². The van der Waals surface area contributed by atoms with Gasteiger partial charge < -0.3 is 10.6 Å². The van der Waals surface area contributed by atoms with Gasteiger partial charge in [-0.15, -0.1) is 0 Å². The van der Waals surface area contributed by atoms with Crippen LogP contribution in [0, 0.1) is 23.2 Å². The van der Waals surface area contributed by atoms with Crippen LogP contribution in [-0.2, 0) is 5.41 Å². The van der Waals surface area contributed by atoms with Crippen molar-refractivity contribution < 1.29 is 0 Å². The van der Waals surface area contributed by atoms with Crippen LogP contribution in [0.15, 0.2) is 30.3 Å². The van der Waals surface area contributed by atoms with Crippen LogP contribution >= 0.6 is 12.2 Å². The zero-order valence-electron chi connectivity index (χ0n) is 22.2. The molecular weight excluding hydrogens is 432 g/mol. The Morgan fingerprint density at radius 1 is 1.06 bits per heavy atom. The lowest BCUT2D eigenvalue weighted by atomic mass is 9.51.